The lowest BCUT2D eigenvalue weighted by atomic mass is 10.2. The average Bonchev–Trinajstić information content (AvgIpc) is 3.16. The second-order valence-corrected chi connectivity index (χ2v) is 7.56. The van der Waals surface area contributed by atoms with Crippen LogP contribution in [0.25, 0.3) is 52.5 Å². The Balaban J connectivity index is 1.60. The van der Waals surface area contributed by atoms with Crippen LogP contribution in [0.5, 0.6) is 0 Å². The molecule has 5 aromatic rings. The number of furan rings is 1. The third kappa shape index (κ3) is 3.96. The minimum atomic E-state index is 0.559. The maximum absolute atomic E-state index is 6.24. The highest BCUT2D eigenvalue weighted by Gasteiger charge is 2.09. The van der Waals surface area contributed by atoms with Crippen LogP contribution in [0.1, 0.15) is 5.82 Å². The molecule has 0 fully saturated rings. The van der Waals surface area contributed by atoms with E-state index in [1.165, 1.54) is 0 Å². The molecule has 5 heteroatoms. The van der Waals surface area contributed by atoms with Crippen molar-refractivity contribution in [3.8, 4) is 22.8 Å². The fourth-order valence-electron chi connectivity index (χ4n) is 3.47. The Kier molecular flexibility index (Phi) is 5.36. The standard InChI is InChI=1S/C27H18ClN3O/c1-18-21(22-15-8-16-23(28)25(22)32-18)14-9-17-24-29-26(19-10-4-2-5-11-19)31-27(30-24)20-12-6-3-7-13-20/h2-17H,1H2/b17-9+,21-14+. The van der Waals surface area contributed by atoms with Crippen molar-refractivity contribution in [1.29, 1.82) is 0 Å². The summed E-state index contributed by atoms with van der Waals surface area (Å²) in [7, 11) is 0. The molecular weight excluding hydrogens is 418 g/mol. The van der Waals surface area contributed by atoms with E-state index in [-0.39, 0.29) is 0 Å². The molecule has 3 aromatic carbocycles. The number of halogens is 1. The van der Waals surface area contributed by atoms with Gasteiger partial charge in [0.2, 0.25) is 0 Å². The highest BCUT2D eigenvalue weighted by atomic mass is 35.5. The Morgan fingerprint density at radius 2 is 1.38 bits per heavy atom. The van der Waals surface area contributed by atoms with Gasteiger partial charge in [0, 0.05) is 21.7 Å². The second-order valence-electron chi connectivity index (χ2n) is 7.15. The molecule has 2 heterocycles. The van der Waals surface area contributed by atoms with Gasteiger partial charge in [-0.3, -0.25) is 0 Å². The first kappa shape index (κ1) is 19.9. The molecule has 32 heavy (non-hydrogen) atoms. The molecular formula is C27H18ClN3O. The summed E-state index contributed by atoms with van der Waals surface area (Å²) in [4.78, 5) is 14.0. The maximum Gasteiger partial charge on any atom is 0.164 e. The smallest absolute Gasteiger partial charge is 0.164 e. The van der Waals surface area contributed by atoms with E-state index in [0.717, 1.165) is 21.7 Å². The molecule has 0 saturated heterocycles. The van der Waals surface area contributed by atoms with E-state index in [9.17, 15) is 0 Å². The highest BCUT2D eigenvalue weighted by Crippen LogP contribution is 2.21. The normalized spacial score (nSPS) is 12.1. The molecule has 0 N–H and O–H groups in total. The summed E-state index contributed by atoms with van der Waals surface area (Å²) in [5.74, 6) is 1.81. The van der Waals surface area contributed by atoms with Crippen molar-refractivity contribution in [3.05, 3.63) is 106 Å². The molecule has 0 aliphatic heterocycles. The van der Waals surface area contributed by atoms with E-state index >= 15 is 0 Å². The van der Waals surface area contributed by atoms with E-state index in [1.54, 1.807) is 6.07 Å². The first-order chi connectivity index (χ1) is 15.7. The first-order valence-corrected chi connectivity index (χ1v) is 10.5. The number of rotatable bonds is 4. The number of aromatic nitrogens is 3. The summed E-state index contributed by atoms with van der Waals surface area (Å²) in [6.07, 6.45) is 5.67. The van der Waals surface area contributed by atoms with Gasteiger partial charge in [0.15, 0.2) is 23.1 Å². The van der Waals surface area contributed by atoms with Gasteiger partial charge in [0.05, 0.1) is 5.02 Å². The molecule has 2 aromatic heterocycles. The summed E-state index contributed by atoms with van der Waals surface area (Å²) >= 11 is 6.24. The number of benzene rings is 3. The number of hydrogen-bond acceptors (Lipinski definition) is 4. The van der Waals surface area contributed by atoms with Crippen LogP contribution in [0.4, 0.5) is 0 Å². The van der Waals surface area contributed by atoms with Crippen LogP contribution in [0.15, 0.2) is 89.4 Å². The van der Waals surface area contributed by atoms with Crippen LogP contribution < -0.4 is 10.6 Å². The molecule has 5 rings (SSSR count). The molecule has 0 radical (unpaired) electrons. The van der Waals surface area contributed by atoms with E-state index in [2.05, 4.69) is 16.5 Å². The zero-order valence-electron chi connectivity index (χ0n) is 17.1. The van der Waals surface area contributed by atoms with Crippen LogP contribution in [0, 0.1) is 0 Å². The third-order valence-corrected chi connectivity index (χ3v) is 5.31. The van der Waals surface area contributed by atoms with Gasteiger partial charge in [-0.2, -0.15) is 0 Å². The van der Waals surface area contributed by atoms with Gasteiger partial charge >= 0.3 is 0 Å². The Hall–Kier alpha value is -4.02. The molecule has 0 aliphatic carbocycles. The molecule has 0 aliphatic rings. The van der Waals surface area contributed by atoms with Crippen LogP contribution in [-0.4, -0.2) is 15.0 Å². The highest BCUT2D eigenvalue weighted by molar-refractivity contribution is 6.34. The van der Waals surface area contributed by atoms with Crippen molar-refractivity contribution in [2.45, 2.75) is 0 Å². The molecule has 0 saturated carbocycles. The largest absolute Gasteiger partial charge is 0.455 e. The van der Waals surface area contributed by atoms with Gasteiger partial charge in [-0.1, -0.05) is 103 Å². The number of nitrogens with zero attached hydrogens (tertiary/aromatic N) is 3. The molecule has 0 amide bonds. The Morgan fingerprint density at radius 1 is 0.750 bits per heavy atom. The van der Waals surface area contributed by atoms with Crippen LogP contribution >= 0.6 is 11.6 Å². The molecule has 154 valence electrons. The van der Waals surface area contributed by atoms with E-state index in [4.69, 9.17) is 21.0 Å². The SMILES string of the molecule is C=c1oc2c(Cl)cccc2/c1=C/C=C/c1nc(-c2ccccc2)nc(-c2ccccc2)n1. The van der Waals surface area contributed by atoms with E-state index in [1.807, 2.05) is 91.0 Å². The van der Waals surface area contributed by atoms with Crippen molar-refractivity contribution >= 4 is 41.3 Å². The van der Waals surface area contributed by atoms with Crippen molar-refractivity contribution in [3.63, 3.8) is 0 Å². The zero-order chi connectivity index (χ0) is 21.9. The molecule has 0 bridgehead atoms. The molecule has 0 unspecified atom stereocenters. The van der Waals surface area contributed by atoms with Gasteiger partial charge < -0.3 is 4.42 Å². The van der Waals surface area contributed by atoms with Gasteiger partial charge in [-0.05, 0) is 12.1 Å². The lowest BCUT2D eigenvalue weighted by Gasteiger charge is -2.05. The average molecular weight is 436 g/mol. The predicted octanol–water partition coefficient (Wildman–Crippen LogP) is 5.51. The van der Waals surface area contributed by atoms with E-state index < -0.39 is 0 Å². The van der Waals surface area contributed by atoms with Crippen molar-refractivity contribution in [2.75, 3.05) is 0 Å². The van der Waals surface area contributed by atoms with Crippen molar-refractivity contribution in [2.24, 2.45) is 0 Å². The van der Waals surface area contributed by atoms with Crippen LogP contribution in [0.3, 0.4) is 0 Å². The number of hydrogen-bond donors (Lipinski definition) is 0. The summed E-state index contributed by atoms with van der Waals surface area (Å²) in [6.45, 7) is 4.00. The summed E-state index contributed by atoms with van der Waals surface area (Å²) < 4.78 is 5.74. The Labute approximate surface area is 189 Å². The molecule has 0 atom stereocenters. The second kappa shape index (κ2) is 8.61. The summed E-state index contributed by atoms with van der Waals surface area (Å²) in [5.41, 5.74) is 3.06. The topological polar surface area (TPSA) is 51.8 Å². The maximum atomic E-state index is 6.24. The summed E-state index contributed by atoms with van der Waals surface area (Å²) in [5, 5.41) is 2.35. The van der Waals surface area contributed by atoms with Gasteiger partial charge in [0.1, 0.15) is 5.42 Å². The van der Waals surface area contributed by atoms with Gasteiger partial charge in [-0.15, -0.1) is 0 Å². The number of allylic oxidation sites excluding steroid dienone is 1. The van der Waals surface area contributed by atoms with E-state index in [0.29, 0.717) is 33.5 Å². The fourth-order valence-corrected chi connectivity index (χ4v) is 3.68. The third-order valence-electron chi connectivity index (χ3n) is 5.01. The molecule has 4 nitrogen and oxygen atoms in total. The fraction of sp³-hybridized carbons (Fsp3) is 0. The van der Waals surface area contributed by atoms with Crippen molar-refractivity contribution in [1.82, 2.24) is 15.0 Å². The van der Waals surface area contributed by atoms with Gasteiger partial charge in [-0.25, -0.2) is 15.0 Å². The quantitative estimate of drug-likeness (QED) is 0.373. The van der Waals surface area contributed by atoms with Gasteiger partial charge in [0.25, 0.3) is 0 Å². The molecule has 0 spiro atoms. The number of fused-ring (bicyclic) bond motifs is 1. The van der Waals surface area contributed by atoms with Crippen LogP contribution in [-0.2, 0) is 0 Å². The minimum absolute atomic E-state index is 0.559. The van der Waals surface area contributed by atoms with Crippen molar-refractivity contribution < 1.29 is 4.42 Å². The minimum Gasteiger partial charge on any atom is -0.455 e. The summed E-state index contributed by atoms with van der Waals surface area (Å²) in [6, 6.07) is 25.4. The zero-order valence-corrected chi connectivity index (χ0v) is 17.8. The Morgan fingerprint density at radius 3 is 2.00 bits per heavy atom. The monoisotopic (exact) mass is 435 g/mol. The lowest BCUT2D eigenvalue weighted by molar-refractivity contribution is 0.577. The number of para-hydroxylation sites is 1. The first-order valence-electron chi connectivity index (χ1n) is 10.1. The Bertz CT molecular complexity index is 1480. The lowest BCUT2D eigenvalue weighted by Crippen LogP contribution is -2.17. The predicted molar refractivity (Wildman–Crippen MR) is 130 cm³/mol. The van der Waals surface area contributed by atoms with Crippen LogP contribution in [0.2, 0.25) is 5.02 Å².